The third-order valence-electron chi connectivity index (χ3n) is 8.66. The van der Waals surface area contributed by atoms with E-state index in [0.717, 1.165) is 54.6 Å². The van der Waals surface area contributed by atoms with Gasteiger partial charge in [-0.3, -0.25) is 9.20 Å². The smallest absolute Gasteiger partial charge is 0.309 e. The summed E-state index contributed by atoms with van der Waals surface area (Å²) in [5.41, 5.74) is 9.21. The van der Waals surface area contributed by atoms with Crippen molar-refractivity contribution in [2.24, 2.45) is 5.41 Å². The van der Waals surface area contributed by atoms with Gasteiger partial charge in [0.1, 0.15) is 34.2 Å². The number of aliphatic carboxylic acids is 1. The predicted octanol–water partition coefficient (Wildman–Crippen LogP) is 6.30. The number of hydrogen-bond donors (Lipinski definition) is 3. The van der Waals surface area contributed by atoms with E-state index in [-0.39, 0.29) is 0 Å². The number of aromatic nitrogens is 3. The first-order valence-corrected chi connectivity index (χ1v) is 14.6. The van der Waals surface area contributed by atoms with Gasteiger partial charge in [-0.1, -0.05) is 55.2 Å². The number of hydrogen-bond acceptors (Lipinski definition) is 6. The van der Waals surface area contributed by atoms with Crippen LogP contribution in [0.1, 0.15) is 81.3 Å². The zero-order valence-corrected chi connectivity index (χ0v) is 24.2. The van der Waals surface area contributed by atoms with Crippen LogP contribution in [0.25, 0.3) is 16.8 Å². The largest absolute Gasteiger partial charge is 0.493 e. The number of ether oxygens (including phenoxy) is 1. The second-order valence-electron chi connectivity index (χ2n) is 11.5. The van der Waals surface area contributed by atoms with Gasteiger partial charge in [-0.25, -0.2) is 9.97 Å². The molecule has 1 unspecified atom stereocenters. The SMILES string of the molecule is CCOc1cc(C(C)(O)c2cccc(C)c2)ccc1-c1nc(CCCC2(C(=O)O)CCCCC2)n2ccnc(N)c12. The minimum atomic E-state index is -1.22. The Balaban J connectivity index is 1.51. The second-order valence-corrected chi connectivity index (χ2v) is 11.5. The van der Waals surface area contributed by atoms with Gasteiger partial charge in [0.2, 0.25) is 0 Å². The van der Waals surface area contributed by atoms with Gasteiger partial charge in [0.05, 0.1) is 12.0 Å². The highest BCUT2D eigenvalue weighted by Gasteiger charge is 2.39. The predicted molar refractivity (Wildman–Crippen MR) is 160 cm³/mol. The maximum Gasteiger partial charge on any atom is 0.309 e. The molecule has 1 fully saturated rings. The van der Waals surface area contributed by atoms with Gasteiger partial charge in [0, 0.05) is 24.4 Å². The number of fused-ring (bicyclic) bond motifs is 1. The summed E-state index contributed by atoms with van der Waals surface area (Å²) in [6, 6.07) is 13.5. The molecule has 0 saturated heterocycles. The lowest BCUT2D eigenvalue weighted by atomic mass is 9.71. The number of nitrogen functional groups attached to an aromatic ring is 1. The van der Waals surface area contributed by atoms with Crippen molar-refractivity contribution in [3.8, 4) is 17.0 Å². The molecule has 1 saturated carbocycles. The summed E-state index contributed by atoms with van der Waals surface area (Å²) < 4.78 is 8.05. The molecule has 0 spiro atoms. The molecular weight excluding hydrogens is 516 g/mol. The first-order chi connectivity index (χ1) is 19.7. The topological polar surface area (TPSA) is 123 Å². The van der Waals surface area contributed by atoms with E-state index in [1.165, 1.54) is 0 Å². The molecular formula is C33H40N4O4. The van der Waals surface area contributed by atoms with E-state index in [0.29, 0.717) is 54.2 Å². The molecule has 0 amide bonds. The van der Waals surface area contributed by atoms with Gasteiger partial charge in [0.25, 0.3) is 0 Å². The Labute approximate surface area is 241 Å². The molecule has 1 aliphatic rings. The van der Waals surface area contributed by atoms with Gasteiger partial charge < -0.3 is 20.7 Å². The lowest BCUT2D eigenvalue weighted by molar-refractivity contribution is -0.151. The van der Waals surface area contributed by atoms with Crippen LogP contribution in [0.15, 0.2) is 54.9 Å². The average molecular weight is 557 g/mol. The Bertz CT molecular complexity index is 1550. The van der Waals surface area contributed by atoms with Gasteiger partial charge in [0.15, 0.2) is 0 Å². The number of carboxylic acid groups (broad SMARTS) is 1. The van der Waals surface area contributed by atoms with Gasteiger partial charge in [-0.2, -0.15) is 0 Å². The summed E-state index contributed by atoms with van der Waals surface area (Å²) in [5.74, 6) is 1.08. The Morgan fingerprint density at radius 3 is 2.61 bits per heavy atom. The molecule has 4 aromatic rings. The number of benzene rings is 2. The van der Waals surface area contributed by atoms with Crippen LogP contribution in [-0.4, -0.2) is 37.2 Å². The fourth-order valence-electron chi connectivity index (χ4n) is 6.28. The van der Waals surface area contributed by atoms with Crippen LogP contribution in [0.4, 0.5) is 5.82 Å². The highest BCUT2D eigenvalue weighted by atomic mass is 16.5. The zero-order chi connectivity index (χ0) is 29.2. The normalized spacial score (nSPS) is 16.4. The minimum absolute atomic E-state index is 0.355. The van der Waals surface area contributed by atoms with E-state index in [1.807, 2.05) is 66.9 Å². The van der Waals surface area contributed by atoms with E-state index in [1.54, 1.807) is 13.1 Å². The number of aryl methyl sites for hydroxylation is 2. The lowest BCUT2D eigenvalue weighted by Crippen LogP contribution is -2.33. The monoisotopic (exact) mass is 556 g/mol. The summed E-state index contributed by atoms with van der Waals surface area (Å²) >= 11 is 0. The number of nitrogens with zero attached hydrogens (tertiary/aromatic N) is 3. The van der Waals surface area contributed by atoms with Crippen molar-refractivity contribution in [3.05, 3.63) is 77.4 Å². The number of rotatable bonds is 10. The molecule has 8 heteroatoms. The molecule has 0 radical (unpaired) electrons. The van der Waals surface area contributed by atoms with Crippen LogP contribution in [0, 0.1) is 12.3 Å². The number of carboxylic acids is 1. The molecule has 4 N–H and O–H groups in total. The third kappa shape index (κ3) is 5.53. The van der Waals surface area contributed by atoms with Crippen molar-refractivity contribution in [3.63, 3.8) is 0 Å². The fourth-order valence-corrected chi connectivity index (χ4v) is 6.28. The number of imidazole rings is 1. The summed E-state index contributed by atoms with van der Waals surface area (Å²) in [4.78, 5) is 21.6. The molecule has 2 aromatic carbocycles. The third-order valence-corrected chi connectivity index (χ3v) is 8.66. The van der Waals surface area contributed by atoms with Crippen LogP contribution in [-0.2, 0) is 16.8 Å². The first kappa shape index (κ1) is 28.6. The molecule has 2 heterocycles. The van der Waals surface area contributed by atoms with E-state index in [2.05, 4.69) is 4.98 Å². The summed E-state index contributed by atoms with van der Waals surface area (Å²) in [5, 5.41) is 21.6. The maximum absolute atomic E-state index is 12.2. The summed E-state index contributed by atoms with van der Waals surface area (Å²) in [7, 11) is 0. The van der Waals surface area contributed by atoms with Crippen molar-refractivity contribution in [2.75, 3.05) is 12.3 Å². The Kier molecular flexibility index (Phi) is 8.04. The summed E-state index contributed by atoms with van der Waals surface area (Å²) in [6.45, 7) is 6.15. The first-order valence-electron chi connectivity index (χ1n) is 14.6. The van der Waals surface area contributed by atoms with Crippen molar-refractivity contribution in [1.29, 1.82) is 0 Å². The van der Waals surface area contributed by atoms with Crippen LogP contribution in [0.2, 0.25) is 0 Å². The maximum atomic E-state index is 12.2. The van der Waals surface area contributed by atoms with Gasteiger partial charge in [-0.15, -0.1) is 0 Å². The molecule has 1 atom stereocenters. The molecule has 2 aromatic heterocycles. The molecule has 0 aliphatic heterocycles. The standard InChI is InChI=1S/C33H40N4O4/c1-4-41-26-21-24(32(3,40)23-11-8-10-22(2)20-23)13-14-25(26)28-29-30(34)35-18-19-37(29)27(36-28)12-9-17-33(31(38)39)15-6-5-7-16-33/h8,10-11,13-14,18-21,40H,4-7,9,12,15-17H2,1-3H3,(H2,34,35)(H,38,39). The molecule has 41 heavy (non-hydrogen) atoms. The van der Waals surface area contributed by atoms with Crippen molar-refractivity contribution < 1.29 is 19.7 Å². The van der Waals surface area contributed by atoms with E-state index in [4.69, 9.17) is 15.5 Å². The van der Waals surface area contributed by atoms with Gasteiger partial charge in [-0.05, 0) is 69.7 Å². The molecule has 216 valence electrons. The second kappa shape index (κ2) is 11.5. The van der Waals surface area contributed by atoms with Crippen LogP contribution >= 0.6 is 0 Å². The number of aliphatic hydroxyl groups is 1. The quantitative estimate of drug-likeness (QED) is 0.209. The lowest BCUT2D eigenvalue weighted by Gasteiger charge is -2.33. The average Bonchev–Trinajstić information content (AvgIpc) is 3.33. The molecule has 1 aliphatic carbocycles. The van der Waals surface area contributed by atoms with E-state index in [9.17, 15) is 15.0 Å². The van der Waals surface area contributed by atoms with Crippen LogP contribution in [0.5, 0.6) is 5.75 Å². The van der Waals surface area contributed by atoms with Gasteiger partial charge >= 0.3 is 5.97 Å². The number of nitrogens with two attached hydrogens (primary N) is 1. The zero-order valence-electron chi connectivity index (χ0n) is 24.2. The highest BCUT2D eigenvalue weighted by Crippen LogP contribution is 2.42. The van der Waals surface area contributed by atoms with E-state index >= 15 is 0 Å². The van der Waals surface area contributed by atoms with Crippen LogP contribution < -0.4 is 10.5 Å². The van der Waals surface area contributed by atoms with Crippen molar-refractivity contribution >= 4 is 17.3 Å². The van der Waals surface area contributed by atoms with Crippen molar-refractivity contribution in [1.82, 2.24) is 14.4 Å². The number of carbonyl (C=O) groups is 1. The van der Waals surface area contributed by atoms with Crippen LogP contribution in [0.3, 0.4) is 0 Å². The minimum Gasteiger partial charge on any atom is -0.493 e. The molecule has 0 bridgehead atoms. The van der Waals surface area contributed by atoms with E-state index < -0.39 is 17.0 Å². The van der Waals surface area contributed by atoms with Crippen molar-refractivity contribution in [2.45, 2.75) is 77.7 Å². The molecule has 8 nitrogen and oxygen atoms in total. The Hall–Kier alpha value is -3.91. The fraction of sp³-hybridized carbons (Fsp3) is 0.424. The summed E-state index contributed by atoms with van der Waals surface area (Å²) in [6.07, 6.45) is 9.98. The number of anilines is 1. The Morgan fingerprint density at radius 1 is 1.15 bits per heavy atom. The molecule has 5 rings (SSSR count). The Morgan fingerprint density at radius 2 is 1.90 bits per heavy atom. The highest BCUT2D eigenvalue weighted by molar-refractivity contribution is 5.88.